The van der Waals surface area contributed by atoms with Crippen molar-refractivity contribution in [2.45, 2.75) is 70.8 Å². The fourth-order valence-corrected chi connectivity index (χ4v) is 6.54. The van der Waals surface area contributed by atoms with Crippen LogP contribution in [0.1, 0.15) is 80.7 Å². The molecule has 1 atom stereocenters. The van der Waals surface area contributed by atoms with Crippen LogP contribution in [0.4, 0.5) is 5.95 Å². The van der Waals surface area contributed by atoms with E-state index in [-0.39, 0.29) is 11.5 Å². The first kappa shape index (κ1) is 21.9. The predicted octanol–water partition coefficient (Wildman–Crippen LogP) is 5.16. The average Bonchev–Trinajstić information content (AvgIpc) is 3.26. The summed E-state index contributed by atoms with van der Waals surface area (Å²) in [6.07, 6.45) is 11.8. The standard InChI is InChI=1S/C27H33N5O/c1-20-7-5-8-21(15-20)23-9-6-14-32(23)24(33)27-17-26(18-27,19-27)11-3-2-4-12-29-25-30-13-10-22(16-28)31-25/h5,7-8,10,13,15,23H,2-4,6,9,11-12,14,17-19H2,1H3,(H,29,30,31). The molecule has 1 N–H and O–H groups in total. The SMILES string of the molecule is Cc1cccc(C2CCCN2C(=O)C23CC(CCCCCNc4nccc(C#N)n4)(C2)C3)c1. The maximum Gasteiger partial charge on any atom is 0.229 e. The number of aromatic nitrogens is 2. The van der Waals surface area contributed by atoms with Crippen LogP contribution in [0.2, 0.25) is 0 Å². The van der Waals surface area contributed by atoms with Gasteiger partial charge in [0.2, 0.25) is 11.9 Å². The van der Waals surface area contributed by atoms with Crippen LogP contribution in [0.5, 0.6) is 0 Å². The number of anilines is 1. The number of hydrogen-bond donors (Lipinski definition) is 1. The Labute approximate surface area is 196 Å². The van der Waals surface area contributed by atoms with Crippen LogP contribution < -0.4 is 5.32 Å². The van der Waals surface area contributed by atoms with Crippen molar-refractivity contribution >= 4 is 11.9 Å². The molecular weight excluding hydrogens is 410 g/mol. The summed E-state index contributed by atoms with van der Waals surface area (Å²) < 4.78 is 0. The highest BCUT2D eigenvalue weighted by Gasteiger charge is 2.71. The van der Waals surface area contributed by atoms with E-state index in [2.05, 4.69) is 51.4 Å². The summed E-state index contributed by atoms with van der Waals surface area (Å²) in [7, 11) is 0. The number of likely N-dealkylation sites (tertiary alicyclic amines) is 1. The van der Waals surface area contributed by atoms with Gasteiger partial charge in [0.15, 0.2) is 0 Å². The molecule has 4 fully saturated rings. The summed E-state index contributed by atoms with van der Waals surface area (Å²) >= 11 is 0. The van der Waals surface area contributed by atoms with E-state index >= 15 is 0 Å². The van der Waals surface area contributed by atoms with E-state index in [0.29, 0.717) is 23.0 Å². The van der Waals surface area contributed by atoms with Gasteiger partial charge in [0.25, 0.3) is 0 Å². The van der Waals surface area contributed by atoms with Crippen molar-refractivity contribution < 1.29 is 4.79 Å². The van der Waals surface area contributed by atoms with Crippen molar-refractivity contribution in [3.63, 3.8) is 0 Å². The Kier molecular flexibility index (Phi) is 5.82. The summed E-state index contributed by atoms with van der Waals surface area (Å²) in [5.41, 5.74) is 3.36. The Bertz CT molecular complexity index is 1050. The first-order valence-corrected chi connectivity index (χ1v) is 12.4. The molecule has 6 heteroatoms. The number of carbonyl (C=O) groups excluding carboxylic acids is 1. The number of rotatable bonds is 9. The molecule has 33 heavy (non-hydrogen) atoms. The molecule has 0 radical (unpaired) electrons. The molecule has 1 unspecified atom stereocenters. The molecule has 1 saturated heterocycles. The zero-order valence-electron chi connectivity index (χ0n) is 19.5. The van der Waals surface area contributed by atoms with Crippen LogP contribution in [-0.2, 0) is 4.79 Å². The van der Waals surface area contributed by atoms with E-state index in [1.165, 1.54) is 24.0 Å². The van der Waals surface area contributed by atoms with Crippen molar-refractivity contribution in [1.82, 2.24) is 14.9 Å². The third kappa shape index (κ3) is 4.21. The first-order chi connectivity index (χ1) is 16.0. The Hall–Kier alpha value is -2.94. The van der Waals surface area contributed by atoms with Gasteiger partial charge in [0.05, 0.1) is 11.5 Å². The van der Waals surface area contributed by atoms with Gasteiger partial charge in [0, 0.05) is 19.3 Å². The number of nitrogens with zero attached hydrogens (tertiary/aromatic N) is 4. The fraction of sp³-hybridized carbons (Fsp3) is 0.556. The van der Waals surface area contributed by atoms with E-state index in [4.69, 9.17) is 5.26 Å². The predicted molar refractivity (Wildman–Crippen MR) is 127 cm³/mol. The van der Waals surface area contributed by atoms with E-state index in [1.807, 2.05) is 6.07 Å². The van der Waals surface area contributed by atoms with Crippen molar-refractivity contribution in [3.05, 3.63) is 53.3 Å². The zero-order chi connectivity index (χ0) is 22.9. The van der Waals surface area contributed by atoms with Crippen molar-refractivity contribution in [1.29, 1.82) is 5.26 Å². The van der Waals surface area contributed by atoms with Gasteiger partial charge < -0.3 is 10.2 Å². The van der Waals surface area contributed by atoms with Gasteiger partial charge in [-0.1, -0.05) is 42.7 Å². The second-order valence-electron chi connectivity index (χ2n) is 10.5. The molecule has 4 aliphatic rings. The van der Waals surface area contributed by atoms with Crippen molar-refractivity contribution in [2.24, 2.45) is 10.8 Å². The molecule has 0 spiro atoms. The highest BCUT2D eigenvalue weighted by Crippen LogP contribution is 2.76. The Balaban J connectivity index is 1.04. The third-order valence-corrected chi connectivity index (χ3v) is 7.97. The maximum atomic E-state index is 13.5. The zero-order valence-corrected chi connectivity index (χ0v) is 19.5. The molecule has 1 aliphatic heterocycles. The summed E-state index contributed by atoms with van der Waals surface area (Å²) in [5.74, 6) is 0.956. The highest BCUT2D eigenvalue weighted by atomic mass is 16.2. The topological polar surface area (TPSA) is 81.9 Å². The van der Waals surface area contributed by atoms with Gasteiger partial charge in [-0.25, -0.2) is 9.97 Å². The van der Waals surface area contributed by atoms with Gasteiger partial charge in [-0.05, 0) is 68.9 Å². The van der Waals surface area contributed by atoms with Crippen LogP contribution in [-0.4, -0.2) is 33.9 Å². The maximum absolute atomic E-state index is 13.5. The number of benzene rings is 1. The highest BCUT2D eigenvalue weighted by molar-refractivity contribution is 5.87. The number of unbranched alkanes of at least 4 members (excludes halogenated alkanes) is 2. The molecule has 1 aromatic carbocycles. The summed E-state index contributed by atoms with van der Waals surface area (Å²) in [5, 5.41) is 12.1. The molecule has 2 aromatic rings. The first-order valence-electron chi connectivity index (χ1n) is 12.4. The molecule has 172 valence electrons. The van der Waals surface area contributed by atoms with Gasteiger partial charge >= 0.3 is 0 Å². The molecule has 1 amide bonds. The van der Waals surface area contributed by atoms with Crippen LogP contribution in [0.3, 0.4) is 0 Å². The fourth-order valence-electron chi connectivity index (χ4n) is 6.54. The number of nitrogens with one attached hydrogen (secondary N) is 1. The number of aryl methyl sites for hydroxylation is 1. The van der Waals surface area contributed by atoms with Gasteiger partial charge in [-0.15, -0.1) is 0 Å². The van der Waals surface area contributed by atoms with Gasteiger partial charge in [-0.2, -0.15) is 5.26 Å². The smallest absolute Gasteiger partial charge is 0.229 e. The Morgan fingerprint density at radius 1 is 1.24 bits per heavy atom. The third-order valence-electron chi connectivity index (χ3n) is 7.97. The summed E-state index contributed by atoms with van der Waals surface area (Å²) in [4.78, 5) is 24.0. The van der Waals surface area contributed by atoms with E-state index < -0.39 is 0 Å². The van der Waals surface area contributed by atoms with Crippen molar-refractivity contribution in [2.75, 3.05) is 18.4 Å². The van der Waals surface area contributed by atoms with Gasteiger partial charge in [0.1, 0.15) is 11.8 Å². The Morgan fingerprint density at radius 2 is 2.09 bits per heavy atom. The molecule has 6 nitrogen and oxygen atoms in total. The lowest BCUT2D eigenvalue weighted by Gasteiger charge is -2.70. The summed E-state index contributed by atoms with van der Waals surface area (Å²) in [6, 6.07) is 12.6. The van der Waals surface area contributed by atoms with E-state index in [1.54, 1.807) is 12.3 Å². The molecule has 6 rings (SSSR count). The monoisotopic (exact) mass is 443 g/mol. The minimum atomic E-state index is -0.0446. The number of amides is 1. The minimum Gasteiger partial charge on any atom is -0.354 e. The van der Waals surface area contributed by atoms with Gasteiger partial charge in [-0.3, -0.25) is 4.79 Å². The second kappa shape index (κ2) is 8.78. The van der Waals surface area contributed by atoms with E-state index in [0.717, 1.165) is 58.0 Å². The molecule has 3 saturated carbocycles. The Morgan fingerprint density at radius 3 is 2.88 bits per heavy atom. The average molecular weight is 444 g/mol. The van der Waals surface area contributed by atoms with E-state index in [9.17, 15) is 4.79 Å². The van der Waals surface area contributed by atoms with Crippen LogP contribution in [0.15, 0.2) is 36.5 Å². The lowest BCUT2D eigenvalue weighted by atomic mass is 9.33. The number of carbonyl (C=O) groups is 1. The van der Waals surface area contributed by atoms with Crippen LogP contribution >= 0.6 is 0 Å². The molecule has 2 heterocycles. The normalized spacial score (nSPS) is 27.4. The summed E-state index contributed by atoms with van der Waals surface area (Å²) in [6.45, 7) is 3.87. The lowest BCUT2D eigenvalue weighted by Crippen LogP contribution is -2.67. The van der Waals surface area contributed by atoms with Crippen LogP contribution in [0, 0.1) is 29.1 Å². The second-order valence-corrected chi connectivity index (χ2v) is 10.5. The molecule has 3 aliphatic carbocycles. The quantitative estimate of drug-likeness (QED) is 0.541. The minimum absolute atomic E-state index is 0.0446. The molecular formula is C27H33N5O. The largest absolute Gasteiger partial charge is 0.354 e. The molecule has 2 bridgehead atoms. The van der Waals surface area contributed by atoms with Crippen molar-refractivity contribution in [3.8, 4) is 6.07 Å². The lowest BCUT2D eigenvalue weighted by molar-refractivity contribution is -0.220. The molecule has 1 aromatic heterocycles. The number of hydrogen-bond acceptors (Lipinski definition) is 5. The number of nitriles is 1. The van der Waals surface area contributed by atoms with Crippen LogP contribution in [0.25, 0.3) is 0 Å².